The van der Waals surface area contributed by atoms with Crippen LogP contribution in [-0.4, -0.2) is 37.2 Å². The van der Waals surface area contributed by atoms with Crippen LogP contribution in [0.15, 0.2) is 109 Å². The molecule has 75 heavy (non-hydrogen) atoms. The fraction of sp³-hybridized carbons (Fsp3) is 0.696. The number of ether oxygens (including phenoxy) is 3. The Kier molecular flexibility index (Phi) is 59.3. The van der Waals surface area contributed by atoms with Gasteiger partial charge in [0.15, 0.2) is 6.10 Å². The lowest BCUT2D eigenvalue weighted by Crippen LogP contribution is -2.30. The first-order chi connectivity index (χ1) is 37.0. The summed E-state index contributed by atoms with van der Waals surface area (Å²) in [7, 11) is 0. The topological polar surface area (TPSA) is 78.9 Å². The van der Waals surface area contributed by atoms with E-state index in [-0.39, 0.29) is 31.1 Å². The SMILES string of the molecule is CC/C=C\C/C=C\C/C=C\C/C=C\CCCCCCCCCCCCC(=O)OCC(COC(=O)CCCCCCC/C=C\C/C=C\CCCCC)OC(=O)CCCCCCCC/C=C\C/C=C\C/C=C\CCCCC. The van der Waals surface area contributed by atoms with E-state index in [1.165, 1.54) is 116 Å². The highest BCUT2D eigenvalue weighted by Gasteiger charge is 2.19. The summed E-state index contributed by atoms with van der Waals surface area (Å²) >= 11 is 0. The van der Waals surface area contributed by atoms with Gasteiger partial charge < -0.3 is 14.2 Å². The summed E-state index contributed by atoms with van der Waals surface area (Å²) < 4.78 is 16.9. The van der Waals surface area contributed by atoms with Crippen molar-refractivity contribution >= 4 is 17.9 Å². The molecule has 0 aromatic heterocycles. The third-order valence-electron chi connectivity index (χ3n) is 13.2. The fourth-order valence-corrected chi connectivity index (χ4v) is 8.53. The van der Waals surface area contributed by atoms with Gasteiger partial charge in [0.1, 0.15) is 13.2 Å². The van der Waals surface area contributed by atoms with Gasteiger partial charge in [-0.25, -0.2) is 0 Å². The second-order valence-corrected chi connectivity index (χ2v) is 20.6. The van der Waals surface area contributed by atoms with Crippen LogP contribution in [0.2, 0.25) is 0 Å². The van der Waals surface area contributed by atoms with Gasteiger partial charge in [0.05, 0.1) is 0 Å². The van der Waals surface area contributed by atoms with Crippen LogP contribution in [0.4, 0.5) is 0 Å². The van der Waals surface area contributed by atoms with Crippen LogP contribution in [-0.2, 0) is 28.6 Å². The van der Waals surface area contributed by atoms with E-state index in [4.69, 9.17) is 14.2 Å². The molecule has 0 rings (SSSR count). The van der Waals surface area contributed by atoms with Gasteiger partial charge in [-0.1, -0.05) is 252 Å². The normalized spacial score (nSPS) is 12.8. The highest BCUT2D eigenvalue weighted by Crippen LogP contribution is 2.15. The first-order valence-electron chi connectivity index (χ1n) is 31.4. The highest BCUT2D eigenvalue weighted by atomic mass is 16.6. The maximum absolute atomic E-state index is 12.9. The molecule has 1 unspecified atom stereocenters. The first-order valence-corrected chi connectivity index (χ1v) is 31.4. The fourth-order valence-electron chi connectivity index (χ4n) is 8.53. The summed E-state index contributed by atoms with van der Waals surface area (Å²) in [5, 5.41) is 0. The molecule has 0 N–H and O–H groups in total. The van der Waals surface area contributed by atoms with Crippen molar-refractivity contribution in [1.29, 1.82) is 0 Å². The van der Waals surface area contributed by atoms with Crippen LogP contribution >= 0.6 is 0 Å². The Morgan fingerprint density at radius 3 is 0.813 bits per heavy atom. The van der Waals surface area contributed by atoms with E-state index in [0.717, 1.165) is 135 Å². The maximum Gasteiger partial charge on any atom is 0.306 e. The zero-order valence-corrected chi connectivity index (χ0v) is 49.0. The Labute approximate surface area is 463 Å². The van der Waals surface area contributed by atoms with Crippen molar-refractivity contribution in [2.45, 2.75) is 297 Å². The van der Waals surface area contributed by atoms with E-state index in [1.54, 1.807) is 0 Å². The molecule has 0 bridgehead atoms. The molecule has 0 aliphatic rings. The molecule has 0 saturated carbocycles. The number of esters is 3. The molecular formula is C69H116O6. The van der Waals surface area contributed by atoms with Crippen LogP contribution in [0.5, 0.6) is 0 Å². The van der Waals surface area contributed by atoms with Gasteiger partial charge in [-0.15, -0.1) is 0 Å². The minimum absolute atomic E-state index is 0.0910. The predicted octanol–water partition coefficient (Wildman–Crippen LogP) is 21.4. The molecule has 0 fully saturated rings. The summed E-state index contributed by atoms with van der Waals surface area (Å²) in [6, 6.07) is 0. The van der Waals surface area contributed by atoms with Crippen LogP contribution in [0, 0.1) is 0 Å². The smallest absolute Gasteiger partial charge is 0.306 e. The Balaban J connectivity index is 4.41. The van der Waals surface area contributed by atoms with E-state index in [2.05, 4.69) is 130 Å². The number of rotatable bonds is 56. The van der Waals surface area contributed by atoms with Gasteiger partial charge >= 0.3 is 17.9 Å². The van der Waals surface area contributed by atoms with Crippen molar-refractivity contribution in [3.8, 4) is 0 Å². The summed E-state index contributed by atoms with van der Waals surface area (Å²) in [6.45, 7) is 6.46. The van der Waals surface area contributed by atoms with Crippen molar-refractivity contribution in [2.24, 2.45) is 0 Å². The van der Waals surface area contributed by atoms with E-state index < -0.39 is 6.10 Å². The first kappa shape index (κ1) is 71.1. The number of allylic oxidation sites excluding steroid dienone is 18. The van der Waals surface area contributed by atoms with Crippen molar-refractivity contribution in [1.82, 2.24) is 0 Å². The van der Waals surface area contributed by atoms with E-state index >= 15 is 0 Å². The second kappa shape index (κ2) is 62.6. The molecule has 6 heteroatoms. The molecule has 428 valence electrons. The van der Waals surface area contributed by atoms with Gasteiger partial charge in [0.25, 0.3) is 0 Å². The standard InChI is InChI=1S/C69H116O6/c1-4-7-10-13-16-19-22-25-28-30-32-33-34-35-37-38-41-44-47-50-53-56-59-62-68(71)74-65-66(64-73-67(70)61-58-55-52-49-46-43-40-27-24-21-18-15-12-9-6-3)75-69(72)63-60-57-54-51-48-45-42-39-36-31-29-26-23-20-17-14-11-8-5-2/h7,10,16-21,25-29,32-33,36,39-40,66H,4-6,8-9,11-15,22-24,30-31,34-35,37-38,41-65H2,1-3H3/b10-7-,19-16-,20-17-,21-18-,28-25-,29-26-,33-32-,39-36-,40-27-. The predicted molar refractivity (Wildman–Crippen MR) is 325 cm³/mol. The molecule has 0 radical (unpaired) electrons. The Hall–Kier alpha value is -3.93. The van der Waals surface area contributed by atoms with Gasteiger partial charge in [-0.05, 0) is 128 Å². The minimum atomic E-state index is -0.796. The van der Waals surface area contributed by atoms with Crippen LogP contribution in [0.25, 0.3) is 0 Å². The average Bonchev–Trinajstić information content (AvgIpc) is 3.41. The number of hydrogen-bond acceptors (Lipinski definition) is 6. The molecule has 0 aromatic rings. The lowest BCUT2D eigenvalue weighted by molar-refractivity contribution is -0.167. The molecule has 6 nitrogen and oxygen atoms in total. The van der Waals surface area contributed by atoms with E-state index in [0.29, 0.717) is 19.3 Å². The Morgan fingerprint density at radius 2 is 0.520 bits per heavy atom. The zero-order chi connectivity index (χ0) is 54.3. The second-order valence-electron chi connectivity index (χ2n) is 20.6. The number of carbonyl (C=O) groups is 3. The largest absolute Gasteiger partial charge is 0.462 e. The molecule has 0 spiro atoms. The van der Waals surface area contributed by atoms with E-state index in [9.17, 15) is 14.4 Å². The average molecular weight is 1040 g/mol. The summed E-state index contributed by atoms with van der Waals surface area (Å²) in [6.07, 6.45) is 85.1. The summed E-state index contributed by atoms with van der Waals surface area (Å²) in [5.41, 5.74) is 0. The molecule has 1 atom stereocenters. The monoisotopic (exact) mass is 1040 g/mol. The van der Waals surface area contributed by atoms with Gasteiger partial charge in [0, 0.05) is 19.3 Å². The quantitative estimate of drug-likeness (QED) is 0.0261. The van der Waals surface area contributed by atoms with Gasteiger partial charge in [-0.3, -0.25) is 14.4 Å². The zero-order valence-electron chi connectivity index (χ0n) is 49.0. The molecule has 0 amide bonds. The van der Waals surface area contributed by atoms with Gasteiger partial charge in [0.2, 0.25) is 0 Å². The Bertz CT molecular complexity index is 1520. The molecule has 0 saturated heterocycles. The number of hydrogen-bond donors (Lipinski definition) is 0. The van der Waals surface area contributed by atoms with Crippen molar-refractivity contribution < 1.29 is 28.6 Å². The molecule has 0 aliphatic carbocycles. The van der Waals surface area contributed by atoms with Crippen molar-refractivity contribution in [3.63, 3.8) is 0 Å². The number of unbranched alkanes of at least 4 members (excludes halogenated alkanes) is 27. The van der Waals surface area contributed by atoms with Gasteiger partial charge in [-0.2, -0.15) is 0 Å². The van der Waals surface area contributed by atoms with E-state index in [1.807, 2.05) is 0 Å². The van der Waals surface area contributed by atoms with Crippen molar-refractivity contribution in [3.05, 3.63) is 109 Å². The minimum Gasteiger partial charge on any atom is -0.462 e. The van der Waals surface area contributed by atoms with Crippen LogP contribution in [0.1, 0.15) is 290 Å². The molecular weight excluding hydrogens is 925 g/mol. The van der Waals surface area contributed by atoms with Crippen LogP contribution < -0.4 is 0 Å². The summed E-state index contributed by atoms with van der Waals surface area (Å²) in [5.74, 6) is -0.916. The molecule has 0 heterocycles. The third kappa shape index (κ3) is 60.8. The maximum atomic E-state index is 12.9. The molecule has 0 aromatic carbocycles. The van der Waals surface area contributed by atoms with Crippen LogP contribution in [0.3, 0.4) is 0 Å². The number of carbonyl (C=O) groups excluding carboxylic acids is 3. The van der Waals surface area contributed by atoms with Crippen molar-refractivity contribution in [2.75, 3.05) is 13.2 Å². The Morgan fingerprint density at radius 1 is 0.280 bits per heavy atom. The lowest BCUT2D eigenvalue weighted by Gasteiger charge is -2.18. The highest BCUT2D eigenvalue weighted by molar-refractivity contribution is 5.71. The third-order valence-corrected chi connectivity index (χ3v) is 13.2. The lowest BCUT2D eigenvalue weighted by atomic mass is 10.1. The summed E-state index contributed by atoms with van der Waals surface area (Å²) in [4.78, 5) is 38.3. The molecule has 0 aliphatic heterocycles.